The quantitative estimate of drug-likeness (QED) is 0.765. The lowest BCUT2D eigenvalue weighted by Crippen LogP contribution is -2.54. The van der Waals surface area contributed by atoms with Gasteiger partial charge in [-0.05, 0) is 37.7 Å². The molecule has 6 heteroatoms. The Labute approximate surface area is 167 Å². The standard InChI is InChI=1S/C22H31N3O3/c1-4-13-24(14-18-10-8-16(2)9-11-18)19(26)15-25-20(27)22(23-21(25)28)12-6-5-7-17(22)3/h8-11,17H,4-7,12-15H2,1-3H3,(H,23,28)/t17-,22+/m0/s1. The number of urea groups is 1. The van der Waals surface area contributed by atoms with Gasteiger partial charge in [-0.2, -0.15) is 0 Å². The summed E-state index contributed by atoms with van der Waals surface area (Å²) in [6.07, 6.45) is 4.40. The molecule has 1 saturated heterocycles. The Morgan fingerprint density at radius 1 is 1.25 bits per heavy atom. The minimum absolute atomic E-state index is 0.0945. The summed E-state index contributed by atoms with van der Waals surface area (Å²) in [5.74, 6) is -0.326. The van der Waals surface area contributed by atoms with Crippen molar-refractivity contribution in [2.24, 2.45) is 5.92 Å². The van der Waals surface area contributed by atoms with Crippen LogP contribution in [-0.2, 0) is 16.1 Å². The SMILES string of the molecule is CCCN(Cc1ccc(C)cc1)C(=O)CN1C(=O)N[C@@]2(CCCC[C@@H]2C)C1=O. The average molecular weight is 386 g/mol. The minimum atomic E-state index is -0.817. The van der Waals surface area contributed by atoms with E-state index in [1.807, 2.05) is 45.0 Å². The van der Waals surface area contributed by atoms with Crippen LogP contribution in [0.1, 0.15) is 57.1 Å². The number of imide groups is 1. The van der Waals surface area contributed by atoms with E-state index in [0.717, 1.165) is 36.1 Å². The molecule has 1 heterocycles. The van der Waals surface area contributed by atoms with Gasteiger partial charge >= 0.3 is 6.03 Å². The third-order valence-electron chi connectivity index (χ3n) is 6.14. The van der Waals surface area contributed by atoms with Crippen LogP contribution in [0.25, 0.3) is 0 Å². The molecule has 4 amide bonds. The maximum absolute atomic E-state index is 13.1. The van der Waals surface area contributed by atoms with E-state index in [0.29, 0.717) is 19.5 Å². The second kappa shape index (κ2) is 8.33. The van der Waals surface area contributed by atoms with Gasteiger partial charge in [0, 0.05) is 13.1 Å². The zero-order chi connectivity index (χ0) is 20.3. The Bertz CT molecular complexity index is 746. The van der Waals surface area contributed by atoms with Gasteiger partial charge in [0.1, 0.15) is 12.1 Å². The van der Waals surface area contributed by atoms with Gasteiger partial charge in [0.2, 0.25) is 5.91 Å². The molecular formula is C22H31N3O3. The molecule has 6 nitrogen and oxygen atoms in total. The Balaban J connectivity index is 1.71. The van der Waals surface area contributed by atoms with Gasteiger partial charge in [0.05, 0.1) is 0 Å². The molecule has 3 rings (SSSR count). The van der Waals surface area contributed by atoms with Crippen LogP contribution in [0.2, 0.25) is 0 Å². The Kier molecular flexibility index (Phi) is 6.06. The number of amides is 4. The highest BCUT2D eigenvalue weighted by atomic mass is 16.2. The van der Waals surface area contributed by atoms with Crippen LogP contribution in [0.3, 0.4) is 0 Å². The van der Waals surface area contributed by atoms with Gasteiger partial charge in [0.15, 0.2) is 0 Å². The summed E-state index contributed by atoms with van der Waals surface area (Å²) in [7, 11) is 0. The van der Waals surface area contributed by atoms with Crippen LogP contribution in [0.4, 0.5) is 4.79 Å². The molecule has 1 aromatic carbocycles. The molecule has 0 aromatic heterocycles. The Morgan fingerprint density at radius 2 is 1.96 bits per heavy atom. The molecule has 2 fully saturated rings. The number of nitrogens with one attached hydrogen (secondary N) is 1. The maximum Gasteiger partial charge on any atom is 0.325 e. The van der Waals surface area contributed by atoms with E-state index < -0.39 is 11.6 Å². The smallest absolute Gasteiger partial charge is 0.325 e. The van der Waals surface area contributed by atoms with Crippen molar-refractivity contribution in [3.05, 3.63) is 35.4 Å². The first kappa shape index (κ1) is 20.4. The van der Waals surface area contributed by atoms with Gasteiger partial charge in [-0.25, -0.2) is 4.79 Å². The van der Waals surface area contributed by atoms with Crippen molar-refractivity contribution in [2.45, 2.75) is 65.0 Å². The zero-order valence-electron chi connectivity index (χ0n) is 17.2. The average Bonchev–Trinajstić information content (AvgIpc) is 2.90. The van der Waals surface area contributed by atoms with Crippen LogP contribution in [0, 0.1) is 12.8 Å². The van der Waals surface area contributed by atoms with E-state index >= 15 is 0 Å². The highest BCUT2D eigenvalue weighted by molar-refractivity contribution is 6.09. The molecule has 2 atom stereocenters. The van der Waals surface area contributed by atoms with Crippen LogP contribution in [0.15, 0.2) is 24.3 Å². The fourth-order valence-electron chi connectivity index (χ4n) is 4.35. The topological polar surface area (TPSA) is 69.7 Å². The number of carbonyl (C=O) groups is 3. The van der Waals surface area contributed by atoms with Gasteiger partial charge in [-0.1, -0.05) is 56.5 Å². The number of hydrogen-bond acceptors (Lipinski definition) is 3. The van der Waals surface area contributed by atoms with Crippen molar-refractivity contribution in [1.82, 2.24) is 15.1 Å². The minimum Gasteiger partial charge on any atom is -0.337 e. The molecular weight excluding hydrogens is 354 g/mol. The van der Waals surface area contributed by atoms with E-state index in [9.17, 15) is 14.4 Å². The number of aryl methyl sites for hydroxylation is 1. The predicted octanol–water partition coefficient (Wildman–Crippen LogP) is 3.23. The maximum atomic E-state index is 13.1. The highest BCUT2D eigenvalue weighted by Gasteiger charge is 2.55. The first-order chi connectivity index (χ1) is 13.4. The molecule has 152 valence electrons. The molecule has 1 aromatic rings. The van der Waals surface area contributed by atoms with Crippen molar-refractivity contribution in [2.75, 3.05) is 13.1 Å². The lowest BCUT2D eigenvalue weighted by molar-refractivity contribution is -0.140. The fraction of sp³-hybridized carbons (Fsp3) is 0.591. The number of nitrogens with zero attached hydrogens (tertiary/aromatic N) is 2. The number of benzene rings is 1. The lowest BCUT2D eigenvalue weighted by Gasteiger charge is -2.36. The third kappa shape index (κ3) is 3.91. The van der Waals surface area contributed by atoms with Crippen molar-refractivity contribution >= 4 is 17.8 Å². The number of rotatable bonds is 6. The monoisotopic (exact) mass is 385 g/mol. The summed E-state index contributed by atoms with van der Waals surface area (Å²) in [5, 5.41) is 2.92. The van der Waals surface area contributed by atoms with Crippen LogP contribution >= 0.6 is 0 Å². The lowest BCUT2D eigenvalue weighted by atomic mass is 9.73. The van der Waals surface area contributed by atoms with E-state index in [1.165, 1.54) is 5.56 Å². The zero-order valence-corrected chi connectivity index (χ0v) is 17.2. The van der Waals surface area contributed by atoms with E-state index in [2.05, 4.69) is 5.32 Å². The van der Waals surface area contributed by atoms with Crippen LogP contribution in [-0.4, -0.2) is 46.3 Å². The second-order valence-electron chi connectivity index (χ2n) is 8.24. The van der Waals surface area contributed by atoms with Gasteiger partial charge in [-0.3, -0.25) is 14.5 Å². The molecule has 0 bridgehead atoms. The summed E-state index contributed by atoms with van der Waals surface area (Å²) in [5.41, 5.74) is 1.40. The summed E-state index contributed by atoms with van der Waals surface area (Å²) >= 11 is 0. The van der Waals surface area contributed by atoms with E-state index in [-0.39, 0.29) is 24.3 Å². The molecule has 0 unspecified atom stereocenters. The molecule has 1 N–H and O–H groups in total. The van der Waals surface area contributed by atoms with Crippen molar-refractivity contribution < 1.29 is 14.4 Å². The van der Waals surface area contributed by atoms with Gasteiger partial charge in [-0.15, -0.1) is 0 Å². The largest absolute Gasteiger partial charge is 0.337 e. The normalized spacial score (nSPS) is 24.5. The van der Waals surface area contributed by atoms with Crippen LogP contribution in [0.5, 0.6) is 0 Å². The summed E-state index contributed by atoms with van der Waals surface area (Å²) in [6.45, 7) is 6.95. The third-order valence-corrected chi connectivity index (χ3v) is 6.14. The molecule has 0 radical (unpaired) electrons. The Morgan fingerprint density at radius 3 is 2.61 bits per heavy atom. The van der Waals surface area contributed by atoms with Crippen LogP contribution < -0.4 is 5.32 Å². The fourth-order valence-corrected chi connectivity index (χ4v) is 4.35. The molecule has 1 saturated carbocycles. The second-order valence-corrected chi connectivity index (χ2v) is 8.24. The first-order valence-electron chi connectivity index (χ1n) is 10.3. The molecule has 1 aliphatic carbocycles. The van der Waals surface area contributed by atoms with Crippen molar-refractivity contribution in [3.63, 3.8) is 0 Å². The molecule has 1 aliphatic heterocycles. The highest BCUT2D eigenvalue weighted by Crippen LogP contribution is 2.38. The van der Waals surface area contributed by atoms with Crippen molar-refractivity contribution in [3.8, 4) is 0 Å². The number of carbonyl (C=O) groups excluding carboxylic acids is 3. The molecule has 28 heavy (non-hydrogen) atoms. The first-order valence-corrected chi connectivity index (χ1v) is 10.3. The Hall–Kier alpha value is -2.37. The van der Waals surface area contributed by atoms with E-state index in [4.69, 9.17) is 0 Å². The molecule has 1 spiro atoms. The number of hydrogen-bond donors (Lipinski definition) is 1. The predicted molar refractivity (Wildman–Crippen MR) is 107 cm³/mol. The molecule has 2 aliphatic rings. The van der Waals surface area contributed by atoms with Gasteiger partial charge < -0.3 is 10.2 Å². The summed E-state index contributed by atoms with van der Waals surface area (Å²) in [6, 6.07) is 7.64. The summed E-state index contributed by atoms with van der Waals surface area (Å²) in [4.78, 5) is 41.4. The summed E-state index contributed by atoms with van der Waals surface area (Å²) < 4.78 is 0. The van der Waals surface area contributed by atoms with Crippen molar-refractivity contribution in [1.29, 1.82) is 0 Å². The van der Waals surface area contributed by atoms with Gasteiger partial charge in [0.25, 0.3) is 5.91 Å². The van der Waals surface area contributed by atoms with E-state index in [1.54, 1.807) is 4.90 Å².